The lowest BCUT2D eigenvalue weighted by Gasteiger charge is -2.09. The first-order valence-electron chi connectivity index (χ1n) is 9.54. The molecule has 0 aliphatic rings. The number of carbonyl (C=O) groups excluding carboxylic acids is 4. The van der Waals surface area contributed by atoms with Crippen LogP contribution in [0.4, 0.5) is 9.59 Å². The van der Waals surface area contributed by atoms with Crippen LogP contribution in [0.2, 0.25) is 0 Å². The van der Waals surface area contributed by atoms with E-state index in [1.807, 2.05) is 0 Å². The molecule has 2 heterocycles. The summed E-state index contributed by atoms with van der Waals surface area (Å²) in [6.07, 6.45) is 3.13. The molecule has 2 aromatic rings. The molecule has 0 spiro atoms. The molecule has 6 amide bonds. The number of nitrogens with one attached hydrogen (secondary N) is 6. The third-order valence-corrected chi connectivity index (χ3v) is 4.70. The van der Waals surface area contributed by atoms with E-state index in [4.69, 9.17) is 8.83 Å². The summed E-state index contributed by atoms with van der Waals surface area (Å²) in [5.74, 6) is -1.02. The van der Waals surface area contributed by atoms with Crippen molar-refractivity contribution in [2.45, 2.75) is 25.7 Å². The molecule has 0 radical (unpaired) electrons. The molecule has 174 valence electrons. The first-order chi connectivity index (χ1) is 15.3. The summed E-state index contributed by atoms with van der Waals surface area (Å²) in [7, 11) is 0. The minimum Gasteiger partial charge on any atom is -0.444 e. The zero-order chi connectivity index (χ0) is 23.3. The van der Waals surface area contributed by atoms with Crippen molar-refractivity contribution in [3.63, 3.8) is 0 Å². The summed E-state index contributed by atoms with van der Waals surface area (Å²) >= 11 is 6.17. The summed E-state index contributed by atoms with van der Waals surface area (Å²) in [4.78, 5) is 46.6. The molecule has 0 unspecified atom stereocenters. The Balaban J connectivity index is 1.42. The Bertz CT molecular complexity index is 856. The molecular weight excluding hydrogens is 556 g/mol. The summed E-state index contributed by atoms with van der Waals surface area (Å²) in [5, 5.41) is 5.22. The number of hydrogen-bond donors (Lipinski definition) is 6. The monoisotopic (exact) mass is 576 g/mol. The molecule has 12 nitrogen and oxygen atoms in total. The van der Waals surface area contributed by atoms with Gasteiger partial charge in [-0.1, -0.05) is 12.8 Å². The number of amides is 6. The number of hydrogen-bond acceptors (Lipinski definition) is 6. The Labute approximate surface area is 199 Å². The van der Waals surface area contributed by atoms with Gasteiger partial charge in [-0.05, 0) is 69.0 Å². The standard InChI is InChI=1S/C18H22Br2N6O6/c19-13-7-5-11(31-13)15(27)23-25-17(29)21-9-3-1-2-4-10-22-18(30)26-24-16(28)12-6-8-14(20)32-12/h5-8H,1-4,9-10H2,(H,23,27)(H,24,28)(H2,21,25,29)(H2,22,26,30). The first kappa shape index (κ1) is 25.3. The van der Waals surface area contributed by atoms with Gasteiger partial charge in [-0.25, -0.2) is 20.4 Å². The van der Waals surface area contributed by atoms with Gasteiger partial charge in [0.05, 0.1) is 0 Å². The number of halogens is 2. The molecule has 2 aromatic heterocycles. The molecular formula is C18H22Br2N6O6. The van der Waals surface area contributed by atoms with Crippen LogP contribution >= 0.6 is 31.9 Å². The molecule has 0 aromatic carbocycles. The zero-order valence-corrected chi connectivity index (χ0v) is 19.9. The Morgan fingerprint density at radius 2 is 1.03 bits per heavy atom. The van der Waals surface area contributed by atoms with Crippen LogP contribution in [0, 0.1) is 0 Å². The zero-order valence-electron chi connectivity index (χ0n) is 16.8. The quantitative estimate of drug-likeness (QED) is 0.198. The number of urea groups is 2. The second-order valence-electron chi connectivity index (χ2n) is 6.29. The fraction of sp³-hybridized carbons (Fsp3) is 0.333. The van der Waals surface area contributed by atoms with Crippen molar-refractivity contribution in [1.29, 1.82) is 0 Å². The largest absolute Gasteiger partial charge is 0.444 e. The highest BCUT2D eigenvalue weighted by Gasteiger charge is 2.12. The fourth-order valence-corrected chi connectivity index (χ4v) is 2.93. The second-order valence-corrected chi connectivity index (χ2v) is 7.85. The van der Waals surface area contributed by atoms with Crippen LogP contribution in [0.15, 0.2) is 42.4 Å². The van der Waals surface area contributed by atoms with E-state index in [1.165, 1.54) is 12.1 Å². The second kappa shape index (κ2) is 13.4. The molecule has 0 saturated carbocycles. The molecule has 0 bridgehead atoms. The maximum Gasteiger partial charge on any atom is 0.333 e. The molecule has 0 aliphatic carbocycles. The van der Waals surface area contributed by atoms with Gasteiger partial charge in [0.2, 0.25) is 0 Å². The molecule has 0 atom stereocenters. The van der Waals surface area contributed by atoms with Gasteiger partial charge in [0, 0.05) is 13.1 Å². The van der Waals surface area contributed by atoms with Gasteiger partial charge in [-0.3, -0.25) is 20.4 Å². The maximum absolute atomic E-state index is 11.7. The van der Waals surface area contributed by atoms with E-state index in [2.05, 4.69) is 64.2 Å². The lowest BCUT2D eigenvalue weighted by atomic mass is 10.2. The van der Waals surface area contributed by atoms with E-state index >= 15 is 0 Å². The van der Waals surface area contributed by atoms with Gasteiger partial charge >= 0.3 is 23.9 Å². The van der Waals surface area contributed by atoms with Crippen molar-refractivity contribution in [3.8, 4) is 0 Å². The summed E-state index contributed by atoms with van der Waals surface area (Å²) in [6, 6.07) is 4.99. The van der Waals surface area contributed by atoms with Gasteiger partial charge < -0.3 is 19.5 Å². The highest BCUT2D eigenvalue weighted by atomic mass is 79.9. The summed E-state index contributed by atoms with van der Waals surface area (Å²) < 4.78 is 10.9. The minimum atomic E-state index is -0.573. The van der Waals surface area contributed by atoms with E-state index in [-0.39, 0.29) is 11.5 Å². The number of rotatable bonds is 9. The van der Waals surface area contributed by atoms with E-state index in [1.54, 1.807) is 12.1 Å². The average molecular weight is 578 g/mol. The van der Waals surface area contributed by atoms with E-state index in [0.29, 0.717) is 22.4 Å². The third-order valence-electron chi connectivity index (χ3n) is 3.85. The number of hydrazine groups is 2. The Morgan fingerprint density at radius 1 is 0.625 bits per heavy atom. The van der Waals surface area contributed by atoms with Crippen LogP contribution in [-0.2, 0) is 0 Å². The normalized spacial score (nSPS) is 10.2. The van der Waals surface area contributed by atoms with Gasteiger partial charge in [0.15, 0.2) is 20.9 Å². The van der Waals surface area contributed by atoms with Crippen LogP contribution < -0.4 is 32.3 Å². The molecule has 0 saturated heterocycles. The summed E-state index contributed by atoms with van der Waals surface area (Å²) in [5.41, 5.74) is 8.90. The van der Waals surface area contributed by atoms with E-state index in [9.17, 15) is 19.2 Å². The molecule has 6 N–H and O–H groups in total. The number of carbonyl (C=O) groups is 4. The third kappa shape index (κ3) is 9.43. The van der Waals surface area contributed by atoms with Gasteiger partial charge in [-0.2, -0.15) is 0 Å². The molecule has 32 heavy (non-hydrogen) atoms. The average Bonchev–Trinajstić information content (AvgIpc) is 3.40. The predicted octanol–water partition coefficient (Wildman–Crippen LogP) is 2.55. The Hall–Kier alpha value is -3.00. The van der Waals surface area contributed by atoms with Crippen molar-refractivity contribution in [2.75, 3.05) is 13.1 Å². The van der Waals surface area contributed by atoms with Gasteiger partial charge in [0.1, 0.15) is 0 Å². The number of furan rings is 2. The molecule has 0 fully saturated rings. The Morgan fingerprint density at radius 3 is 1.38 bits per heavy atom. The van der Waals surface area contributed by atoms with Crippen LogP contribution in [0.25, 0.3) is 0 Å². The minimum absolute atomic E-state index is 0.0626. The van der Waals surface area contributed by atoms with Crippen LogP contribution in [0.1, 0.15) is 46.8 Å². The predicted molar refractivity (Wildman–Crippen MR) is 119 cm³/mol. The lowest BCUT2D eigenvalue weighted by molar-refractivity contribution is 0.0901. The lowest BCUT2D eigenvalue weighted by Crippen LogP contribution is -2.47. The van der Waals surface area contributed by atoms with E-state index < -0.39 is 23.9 Å². The molecule has 0 aliphatic heterocycles. The van der Waals surface area contributed by atoms with Crippen molar-refractivity contribution in [2.24, 2.45) is 0 Å². The SMILES string of the molecule is O=C(NCCCCCCNC(=O)NNC(=O)c1ccc(Br)o1)NNC(=O)c1ccc(Br)o1. The Kier molecular flexibility index (Phi) is 10.6. The smallest absolute Gasteiger partial charge is 0.333 e. The molecule has 14 heteroatoms. The molecule has 2 rings (SSSR count). The fourth-order valence-electron chi connectivity index (χ4n) is 2.32. The van der Waals surface area contributed by atoms with Crippen molar-refractivity contribution in [3.05, 3.63) is 45.1 Å². The van der Waals surface area contributed by atoms with Gasteiger partial charge in [-0.15, -0.1) is 0 Å². The highest BCUT2D eigenvalue weighted by Crippen LogP contribution is 2.14. The van der Waals surface area contributed by atoms with Gasteiger partial charge in [0.25, 0.3) is 0 Å². The first-order valence-corrected chi connectivity index (χ1v) is 11.1. The van der Waals surface area contributed by atoms with Crippen molar-refractivity contribution < 1.29 is 28.0 Å². The topological polar surface area (TPSA) is 167 Å². The maximum atomic E-state index is 11.7. The van der Waals surface area contributed by atoms with Crippen LogP contribution in [-0.4, -0.2) is 37.0 Å². The van der Waals surface area contributed by atoms with Crippen molar-refractivity contribution >= 4 is 55.7 Å². The number of unbranched alkanes of at least 4 members (excludes halogenated alkanes) is 3. The van der Waals surface area contributed by atoms with E-state index in [0.717, 1.165) is 25.7 Å². The van der Waals surface area contributed by atoms with Crippen LogP contribution in [0.5, 0.6) is 0 Å². The highest BCUT2D eigenvalue weighted by molar-refractivity contribution is 9.10. The van der Waals surface area contributed by atoms with Crippen molar-refractivity contribution in [1.82, 2.24) is 32.3 Å². The van der Waals surface area contributed by atoms with Crippen LogP contribution in [0.3, 0.4) is 0 Å². The summed E-state index contributed by atoms with van der Waals surface area (Å²) in [6.45, 7) is 0.855.